The van der Waals surface area contributed by atoms with E-state index < -0.39 is 5.82 Å². The Bertz CT molecular complexity index is 632. The summed E-state index contributed by atoms with van der Waals surface area (Å²) in [7, 11) is 0. The van der Waals surface area contributed by atoms with Crippen LogP contribution >= 0.6 is 23.2 Å². The standard InChI is InChI=1S/C14H8Cl2FN/c15-11-1-2-14(16)13(8-11)10-5-9(3-4-18)6-12(17)7-10/h1-2,5-8H,3H2. The van der Waals surface area contributed by atoms with Crippen molar-refractivity contribution in [2.75, 3.05) is 0 Å². The highest BCUT2D eigenvalue weighted by Gasteiger charge is 2.07. The van der Waals surface area contributed by atoms with Crippen molar-refractivity contribution in [3.05, 3.63) is 57.8 Å². The lowest BCUT2D eigenvalue weighted by molar-refractivity contribution is 0.626. The minimum atomic E-state index is -0.395. The van der Waals surface area contributed by atoms with Crippen molar-refractivity contribution >= 4 is 23.2 Å². The van der Waals surface area contributed by atoms with E-state index in [1.807, 2.05) is 6.07 Å². The van der Waals surface area contributed by atoms with Crippen LogP contribution in [0.5, 0.6) is 0 Å². The fourth-order valence-corrected chi connectivity index (χ4v) is 2.12. The quantitative estimate of drug-likeness (QED) is 0.770. The first-order valence-corrected chi connectivity index (χ1v) is 5.97. The van der Waals surface area contributed by atoms with Gasteiger partial charge < -0.3 is 0 Å². The highest BCUT2D eigenvalue weighted by atomic mass is 35.5. The van der Waals surface area contributed by atoms with Crippen LogP contribution < -0.4 is 0 Å². The fraction of sp³-hybridized carbons (Fsp3) is 0.0714. The summed E-state index contributed by atoms with van der Waals surface area (Å²) in [6.07, 6.45) is 0.156. The van der Waals surface area contributed by atoms with E-state index in [-0.39, 0.29) is 6.42 Å². The fourth-order valence-electron chi connectivity index (χ4n) is 1.72. The maximum atomic E-state index is 13.5. The van der Waals surface area contributed by atoms with Gasteiger partial charge in [-0.05, 0) is 47.5 Å². The van der Waals surface area contributed by atoms with E-state index in [0.717, 1.165) is 0 Å². The summed E-state index contributed by atoms with van der Waals surface area (Å²) >= 11 is 12.0. The molecular weight excluding hydrogens is 272 g/mol. The Balaban J connectivity index is 2.56. The summed E-state index contributed by atoms with van der Waals surface area (Å²) in [6.45, 7) is 0. The molecule has 0 aliphatic carbocycles. The van der Waals surface area contributed by atoms with Crippen molar-refractivity contribution in [2.24, 2.45) is 0 Å². The highest BCUT2D eigenvalue weighted by Crippen LogP contribution is 2.31. The molecular formula is C14H8Cl2FN. The summed E-state index contributed by atoms with van der Waals surface area (Å²) in [4.78, 5) is 0. The lowest BCUT2D eigenvalue weighted by Crippen LogP contribution is -1.88. The zero-order chi connectivity index (χ0) is 13.1. The van der Waals surface area contributed by atoms with E-state index >= 15 is 0 Å². The molecule has 0 saturated heterocycles. The highest BCUT2D eigenvalue weighted by molar-refractivity contribution is 6.35. The van der Waals surface area contributed by atoms with Crippen LogP contribution in [0.1, 0.15) is 5.56 Å². The van der Waals surface area contributed by atoms with Crippen molar-refractivity contribution in [1.29, 1.82) is 5.26 Å². The molecule has 0 N–H and O–H groups in total. The van der Waals surface area contributed by atoms with Gasteiger partial charge in [0, 0.05) is 15.6 Å². The normalized spacial score (nSPS) is 10.1. The van der Waals surface area contributed by atoms with Crippen LogP contribution in [0.2, 0.25) is 10.0 Å². The molecule has 90 valence electrons. The van der Waals surface area contributed by atoms with E-state index in [1.54, 1.807) is 24.3 Å². The summed E-state index contributed by atoms with van der Waals surface area (Å²) < 4.78 is 13.5. The first-order chi connectivity index (χ1) is 8.60. The van der Waals surface area contributed by atoms with Crippen LogP contribution in [-0.4, -0.2) is 0 Å². The van der Waals surface area contributed by atoms with Gasteiger partial charge >= 0.3 is 0 Å². The monoisotopic (exact) mass is 279 g/mol. The van der Waals surface area contributed by atoms with Crippen LogP contribution in [0.25, 0.3) is 11.1 Å². The van der Waals surface area contributed by atoms with E-state index in [9.17, 15) is 4.39 Å². The summed E-state index contributed by atoms with van der Waals surface area (Å²) in [5.74, 6) is -0.395. The molecule has 0 bridgehead atoms. The molecule has 0 radical (unpaired) electrons. The molecule has 0 saturated carbocycles. The molecule has 0 fully saturated rings. The van der Waals surface area contributed by atoms with Crippen LogP contribution in [0, 0.1) is 17.1 Å². The summed E-state index contributed by atoms with van der Waals surface area (Å²) in [5, 5.41) is 9.67. The Hall–Kier alpha value is -1.56. The predicted octanol–water partition coefficient (Wildman–Crippen LogP) is 4.87. The number of nitriles is 1. The van der Waals surface area contributed by atoms with Gasteiger partial charge in [-0.2, -0.15) is 5.26 Å². The second kappa shape index (κ2) is 5.39. The van der Waals surface area contributed by atoms with Gasteiger partial charge in [0.25, 0.3) is 0 Å². The van der Waals surface area contributed by atoms with Crippen LogP contribution in [-0.2, 0) is 6.42 Å². The Morgan fingerprint density at radius 3 is 2.61 bits per heavy atom. The third-order valence-electron chi connectivity index (χ3n) is 2.48. The Morgan fingerprint density at radius 1 is 1.11 bits per heavy atom. The lowest BCUT2D eigenvalue weighted by Gasteiger charge is -2.07. The number of nitrogens with zero attached hydrogens (tertiary/aromatic N) is 1. The maximum absolute atomic E-state index is 13.5. The van der Waals surface area contributed by atoms with Crippen molar-refractivity contribution in [1.82, 2.24) is 0 Å². The van der Waals surface area contributed by atoms with Gasteiger partial charge in [-0.15, -0.1) is 0 Å². The average molecular weight is 280 g/mol. The van der Waals surface area contributed by atoms with Crippen molar-refractivity contribution < 1.29 is 4.39 Å². The first-order valence-electron chi connectivity index (χ1n) is 5.22. The third-order valence-corrected chi connectivity index (χ3v) is 3.04. The van der Waals surface area contributed by atoms with Crippen LogP contribution in [0.15, 0.2) is 36.4 Å². The third kappa shape index (κ3) is 2.81. The largest absolute Gasteiger partial charge is 0.207 e. The minimum Gasteiger partial charge on any atom is -0.207 e. The van der Waals surface area contributed by atoms with E-state index in [4.69, 9.17) is 28.5 Å². The van der Waals surface area contributed by atoms with Crippen LogP contribution in [0.3, 0.4) is 0 Å². The maximum Gasteiger partial charge on any atom is 0.124 e. The zero-order valence-electron chi connectivity index (χ0n) is 9.25. The molecule has 0 atom stereocenters. The van der Waals surface area contributed by atoms with Crippen LogP contribution in [0.4, 0.5) is 4.39 Å². The molecule has 0 unspecified atom stereocenters. The Morgan fingerprint density at radius 2 is 1.89 bits per heavy atom. The SMILES string of the molecule is N#CCc1cc(F)cc(-c2cc(Cl)ccc2Cl)c1. The minimum absolute atomic E-state index is 0.156. The molecule has 1 nitrogen and oxygen atoms in total. The molecule has 18 heavy (non-hydrogen) atoms. The molecule has 0 spiro atoms. The Labute approximate surface area is 114 Å². The molecule has 0 amide bonds. The van der Waals surface area contributed by atoms with E-state index in [2.05, 4.69) is 0 Å². The number of halogens is 3. The number of benzene rings is 2. The second-order valence-corrected chi connectivity index (χ2v) is 4.65. The second-order valence-electron chi connectivity index (χ2n) is 3.81. The van der Waals surface area contributed by atoms with E-state index in [1.165, 1.54) is 12.1 Å². The zero-order valence-corrected chi connectivity index (χ0v) is 10.8. The predicted molar refractivity (Wildman–Crippen MR) is 71.2 cm³/mol. The summed E-state index contributed by atoms with van der Waals surface area (Å²) in [5.41, 5.74) is 1.89. The molecule has 0 aliphatic rings. The van der Waals surface area contributed by atoms with Crippen molar-refractivity contribution in [2.45, 2.75) is 6.42 Å². The molecule has 0 heterocycles. The van der Waals surface area contributed by atoms with E-state index in [0.29, 0.717) is 26.7 Å². The van der Waals surface area contributed by atoms with Gasteiger partial charge in [0.2, 0.25) is 0 Å². The van der Waals surface area contributed by atoms with Gasteiger partial charge in [0.15, 0.2) is 0 Å². The van der Waals surface area contributed by atoms with Gasteiger partial charge in [0.1, 0.15) is 5.82 Å². The van der Waals surface area contributed by atoms with Gasteiger partial charge in [-0.25, -0.2) is 4.39 Å². The van der Waals surface area contributed by atoms with Crippen molar-refractivity contribution in [3.8, 4) is 17.2 Å². The Kier molecular flexibility index (Phi) is 3.86. The molecule has 0 aliphatic heterocycles. The number of hydrogen-bond acceptors (Lipinski definition) is 1. The van der Waals surface area contributed by atoms with Crippen molar-refractivity contribution in [3.63, 3.8) is 0 Å². The lowest BCUT2D eigenvalue weighted by atomic mass is 10.0. The molecule has 2 rings (SSSR count). The van der Waals surface area contributed by atoms with Gasteiger partial charge in [-0.1, -0.05) is 23.2 Å². The average Bonchev–Trinajstić information content (AvgIpc) is 2.32. The summed E-state index contributed by atoms with van der Waals surface area (Å²) in [6, 6.07) is 11.4. The molecule has 4 heteroatoms. The smallest absolute Gasteiger partial charge is 0.124 e. The van der Waals surface area contributed by atoms with Gasteiger partial charge in [0.05, 0.1) is 12.5 Å². The van der Waals surface area contributed by atoms with Gasteiger partial charge in [-0.3, -0.25) is 0 Å². The molecule has 0 aromatic heterocycles. The number of hydrogen-bond donors (Lipinski definition) is 0. The first kappa shape index (κ1) is 12.9. The molecule has 2 aromatic carbocycles. The molecule has 2 aromatic rings. The topological polar surface area (TPSA) is 23.8 Å². The number of rotatable bonds is 2.